The lowest BCUT2D eigenvalue weighted by atomic mass is 10.2. The number of ether oxygens (including phenoxy) is 1. The second-order valence-electron chi connectivity index (χ2n) is 4.01. The van der Waals surface area contributed by atoms with Gasteiger partial charge >= 0.3 is 0 Å². The van der Waals surface area contributed by atoms with Crippen molar-refractivity contribution in [3.8, 4) is 0 Å². The molecule has 0 amide bonds. The topological polar surface area (TPSA) is 43.4 Å². The van der Waals surface area contributed by atoms with Crippen molar-refractivity contribution in [1.82, 2.24) is 0 Å². The van der Waals surface area contributed by atoms with Gasteiger partial charge in [0.05, 0.1) is 17.3 Å². The Bertz CT molecular complexity index is 299. The largest absolute Gasteiger partial charge is 0.500 e. The van der Waals surface area contributed by atoms with Gasteiger partial charge in [-0.15, -0.1) is 0 Å². The van der Waals surface area contributed by atoms with Crippen LogP contribution in [0.4, 0.5) is 0 Å². The van der Waals surface area contributed by atoms with Crippen LogP contribution >= 0.6 is 0 Å². The van der Waals surface area contributed by atoms with E-state index in [-0.39, 0.29) is 5.25 Å². The van der Waals surface area contributed by atoms with Gasteiger partial charge in [-0.25, -0.2) is 8.42 Å². The van der Waals surface area contributed by atoms with Crippen molar-refractivity contribution < 1.29 is 13.2 Å². The van der Waals surface area contributed by atoms with Gasteiger partial charge in [0, 0.05) is 0 Å². The van der Waals surface area contributed by atoms with Crippen molar-refractivity contribution in [3.63, 3.8) is 0 Å². The van der Waals surface area contributed by atoms with Crippen LogP contribution in [0.1, 0.15) is 33.1 Å². The molecule has 0 saturated carbocycles. The molecule has 1 rings (SSSR count). The van der Waals surface area contributed by atoms with E-state index in [0.29, 0.717) is 12.4 Å². The van der Waals surface area contributed by atoms with Crippen LogP contribution < -0.4 is 0 Å². The lowest BCUT2D eigenvalue weighted by Crippen LogP contribution is -2.31. The smallest absolute Gasteiger partial charge is 0.156 e. The summed E-state index contributed by atoms with van der Waals surface area (Å²) in [5.41, 5.74) is 1.05. The van der Waals surface area contributed by atoms with Gasteiger partial charge in [0.1, 0.15) is 6.61 Å². The molecule has 0 bridgehead atoms. The molecule has 4 heteroatoms. The fraction of sp³-hybridized carbons (Fsp3) is 0.800. The molecule has 0 N–H and O–H groups in total. The monoisotopic (exact) mass is 218 g/mol. The van der Waals surface area contributed by atoms with E-state index in [1.807, 2.05) is 13.8 Å². The van der Waals surface area contributed by atoms with Crippen LogP contribution in [0.25, 0.3) is 0 Å². The maximum Gasteiger partial charge on any atom is 0.156 e. The molecule has 1 aliphatic heterocycles. The summed E-state index contributed by atoms with van der Waals surface area (Å²) in [4.78, 5) is 0. The van der Waals surface area contributed by atoms with Crippen molar-refractivity contribution in [3.05, 3.63) is 11.8 Å². The highest BCUT2D eigenvalue weighted by atomic mass is 32.2. The van der Waals surface area contributed by atoms with Crippen LogP contribution in [0.15, 0.2) is 11.8 Å². The summed E-state index contributed by atoms with van der Waals surface area (Å²) in [6, 6.07) is 0. The predicted octanol–water partition coefficient (Wildman–Crippen LogP) is 1.89. The van der Waals surface area contributed by atoms with Gasteiger partial charge in [-0.05, 0) is 32.3 Å². The van der Waals surface area contributed by atoms with Crippen molar-refractivity contribution in [2.45, 2.75) is 38.4 Å². The molecule has 3 nitrogen and oxygen atoms in total. The summed E-state index contributed by atoms with van der Waals surface area (Å²) in [6.45, 7) is 4.16. The van der Waals surface area contributed by atoms with E-state index in [1.54, 1.807) is 6.26 Å². The molecule has 0 spiro atoms. The first kappa shape index (κ1) is 11.6. The van der Waals surface area contributed by atoms with Gasteiger partial charge in [0.2, 0.25) is 0 Å². The lowest BCUT2D eigenvalue weighted by Gasteiger charge is -2.21. The molecule has 0 radical (unpaired) electrons. The van der Waals surface area contributed by atoms with Gasteiger partial charge in [0.15, 0.2) is 9.84 Å². The van der Waals surface area contributed by atoms with Gasteiger partial charge in [-0.1, -0.05) is 6.42 Å². The summed E-state index contributed by atoms with van der Waals surface area (Å²) in [7, 11) is -2.88. The molecule has 0 aromatic heterocycles. The van der Waals surface area contributed by atoms with E-state index in [9.17, 15) is 8.42 Å². The fourth-order valence-corrected chi connectivity index (χ4v) is 3.28. The Kier molecular flexibility index (Phi) is 3.98. The number of hydrogen-bond donors (Lipinski definition) is 0. The lowest BCUT2D eigenvalue weighted by molar-refractivity contribution is 0.237. The average molecular weight is 218 g/mol. The molecule has 1 atom stereocenters. The highest BCUT2D eigenvalue weighted by molar-refractivity contribution is 7.92. The molecular weight excluding hydrogens is 200 g/mol. The molecule has 1 heterocycles. The first-order valence-corrected chi connectivity index (χ1v) is 6.70. The van der Waals surface area contributed by atoms with Crippen molar-refractivity contribution >= 4 is 9.84 Å². The highest BCUT2D eigenvalue weighted by Gasteiger charge is 2.28. The Morgan fingerprint density at radius 3 is 2.71 bits per heavy atom. The van der Waals surface area contributed by atoms with Crippen LogP contribution in [-0.4, -0.2) is 26.0 Å². The molecule has 82 valence electrons. The standard InChI is InChI=1S/C10H18O3S/c1-9(2)7-13-8-10-5-3-4-6-14(10,11)12/h7,10H,3-6,8H2,1-2H3. The van der Waals surface area contributed by atoms with Crippen LogP contribution in [0.5, 0.6) is 0 Å². The Hall–Kier alpha value is -0.510. The number of sulfone groups is 1. The van der Waals surface area contributed by atoms with Crippen LogP contribution in [0.2, 0.25) is 0 Å². The van der Waals surface area contributed by atoms with Crippen LogP contribution in [0.3, 0.4) is 0 Å². The average Bonchev–Trinajstić information content (AvgIpc) is 2.07. The third-order valence-electron chi connectivity index (χ3n) is 2.31. The second-order valence-corrected chi connectivity index (χ2v) is 6.41. The first-order chi connectivity index (χ1) is 6.52. The summed E-state index contributed by atoms with van der Waals surface area (Å²) in [5.74, 6) is 0.329. The SMILES string of the molecule is CC(C)=COCC1CCCCS1(=O)=O. The summed E-state index contributed by atoms with van der Waals surface area (Å²) in [5, 5.41) is -0.285. The Morgan fingerprint density at radius 2 is 2.14 bits per heavy atom. The zero-order valence-corrected chi connectivity index (χ0v) is 9.64. The van der Waals surface area contributed by atoms with E-state index in [2.05, 4.69) is 0 Å². The van der Waals surface area contributed by atoms with Crippen LogP contribution in [0, 0.1) is 0 Å². The van der Waals surface area contributed by atoms with Gasteiger partial charge in [-0.2, -0.15) is 0 Å². The predicted molar refractivity (Wildman–Crippen MR) is 56.8 cm³/mol. The third-order valence-corrected chi connectivity index (χ3v) is 4.56. The normalized spacial score (nSPS) is 25.4. The molecule has 1 unspecified atom stereocenters. The van der Waals surface area contributed by atoms with E-state index in [1.165, 1.54) is 0 Å². The first-order valence-electron chi connectivity index (χ1n) is 4.99. The van der Waals surface area contributed by atoms with E-state index < -0.39 is 9.84 Å². The fourth-order valence-electron chi connectivity index (χ4n) is 1.53. The highest BCUT2D eigenvalue weighted by Crippen LogP contribution is 2.19. The van der Waals surface area contributed by atoms with Gasteiger partial charge in [0.25, 0.3) is 0 Å². The Morgan fingerprint density at radius 1 is 1.43 bits per heavy atom. The number of rotatable bonds is 3. The van der Waals surface area contributed by atoms with Crippen LogP contribution in [-0.2, 0) is 14.6 Å². The van der Waals surface area contributed by atoms with E-state index in [0.717, 1.165) is 24.8 Å². The molecule has 0 aromatic carbocycles. The Balaban J connectivity index is 2.47. The minimum absolute atomic E-state index is 0.285. The maximum atomic E-state index is 11.6. The van der Waals surface area contributed by atoms with E-state index in [4.69, 9.17) is 4.74 Å². The molecule has 0 aromatic rings. The number of hydrogen-bond acceptors (Lipinski definition) is 3. The maximum absolute atomic E-state index is 11.6. The molecular formula is C10H18O3S. The molecule has 1 aliphatic rings. The quantitative estimate of drug-likeness (QED) is 0.679. The molecule has 1 saturated heterocycles. The van der Waals surface area contributed by atoms with Crippen molar-refractivity contribution in [2.24, 2.45) is 0 Å². The second kappa shape index (κ2) is 4.82. The summed E-state index contributed by atoms with van der Waals surface area (Å²) in [6.07, 6.45) is 4.19. The third kappa shape index (κ3) is 3.33. The van der Waals surface area contributed by atoms with Gasteiger partial charge in [-0.3, -0.25) is 0 Å². The van der Waals surface area contributed by atoms with Crippen molar-refractivity contribution in [2.75, 3.05) is 12.4 Å². The summed E-state index contributed by atoms with van der Waals surface area (Å²) >= 11 is 0. The number of allylic oxidation sites excluding steroid dienone is 1. The zero-order chi connectivity index (χ0) is 10.6. The molecule has 0 aliphatic carbocycles. The van der Waals surface area contributed by atoms with Crippen molar-refractivity contribution in [1.29, 1.82) is 0 Å². The molecule has 14 heavy (non-hydrogen) atoms. The minimum atomic E-state index is -2.88. The Labute approximate surface area is 86.1 Å². The minimum Gasteiger partial charge on any atom is -0.500 e. The van der Waals surface area contributed by atoms with E-state index >= 15 is 0 Å². The summed E-state index contributed by atoms with van der Waals surface area (Å²) < 4.78 is 28.3. The molecule has 1 fully saturated rings. The van der Waals surface area contributed by atoms with Gasteiger partial charge < -0.3 is 4.74 Å². The zero-order valence-electron chi connectivity index (χ0n) is 8.82.